The molecule has 33 heavy (non-hydrogen) atoms. The number of thiocarbonyl (C=S) groups is 1. The number of nitrogens with one attached hydrogen (secondary N) is 3. The van der Waals surface area contributed by atoms with Gasteiger partial charge in [0.2, 0.25) is 0 Å². The first-order valence-electron chi connectivity index (χ1n) is 10.5. The molecule has 8 heteroatoms. The van der Waals surface area contributed by atoms with Crippen LogP contribution < -0.4 is 25.6 Å². The molecule has 7 nitrogen and oxygen atoms in total. The molecule has 0 atom stereocenters. The standard InChI is InChI=1S/C25H25N3O4S/c1-2-15-31-20-12-8-11-19(16-20)24(30)26-25(33)28-27-23(29)17-32-22-14-7-6-13-21(22)18-9-4-3-5-10-18/h3-14,16H,2,15,17H2,1H3,(H,27,29)(H2,26,28,30,33). The van der Waals surface area contributed by atoms with E-state index in [0.717, 1.165) is 17.5 Å². The number of rotatable bonds is 8. The number of hydrogen-bond acceptors (Lipinski definition) is 5. The van der Waals surface area contributed by atoms with Crippen molar-refractivity contribution >= 4 is 29.1 Å². The molecule has 0 aliphatic heterocycles. The van der Waals surface area contributed by atoms with Gasteiger partial charge in [-0.1, -0.05) is 61.5 Å². The summed E-state index contributed by atoms with van der Waals surface area (Å²) in [6.45, 7) is 2.33. The molecule has 3 rings (SSSR count). The predicted molar refractivity (Wildman–Crippen MR) is 131 cm³/mol. The summed E-state index contributed by atoms with van der Waals surface area (Å²) in [5.41, 5.74) is 7.17. The minimum atomic E-state index is -0.454. The average Bonchev–Trinajstić information content (AvgIpc) is 2.85. The molecule has 0 saturated heterocycles. The van der Waals surface area contributed by atoms with Crippen LogP contribution in [0.4, 0.5) is 0 Å². The van der Waals surface area contributed by atoms with Gasteiger partial charge in [-0.3, -0.25) is 25.8 Å². The Morgan fingerprint density at radius 1 is 0.879 bits per heavy atom. The minimum absolute atomic E-state index is 0.0436. The smallest absolute Gasteiger partial charge is 0.276 e. The molecule has 3 N–H and O–H groups in total. The fourth-order valence-corrected chi connectivity index (χ4v) is 3.05. The largest absolute Gasteiger partial charge is 0.494 e. The van der Waals surface area contributed by atoms with Crippen LogP contribution in [-0.4, -0.2) is 30.1 Å². The fourth-order valence-electron chi connectivity index (χ4n) is 2.91. The molecule has 0 aliphatic rings. The SMILES string of the molecule is CCCOc1cccc(C(=O)NC(=S)NNC(=O)COc2ccccc2-c2ccccc2)c1. The van der Waals surface area contributed by atoms with Crippen molar-refractivity contribution in [2.75, 3.05) is 13.2 Å². The molecular weight excluding hydrogens is 438 g/mol. The molecule has 3 aromatic rings. The highest BCUT2D eigenvalue weighted by Gasteiger charge is 2.11. The summed E-state index contributed by atoms with van der Waals surface area (Å²) in [7, 11) is 0. The van der Waals surface area contributed by atoms with Gasteiger partial charge in [0.05, 0.1) is 6.61 Å². The third-order valence-electron chi connectivity index (χ3n) is 4.44. The Bertz CT molecular complexity index is 1110. The van der Waals surface area contributed by atoms with Crippen LogP contribution in [0.2, 0.25) is 0 Å². The number of amides is 2. The lowest BCUT2D eigenvalue weighted by Crippen LogP contribution is -2.49. The molecule has 0 unspecified atom stereocenters. The van der Waals surface area contributed by atoms with Gasteiger partial charge in [-0.05, 0) is 48.5 Å². The van der Waals surface area contributed by atoms with Crippen molar-refractivity contribution in [3.8, 4) is 22.6 Å². The van der Waals surface area contributed by atoms with Crippen LogP contribution >= 0.6 is 12.2 Å². The molecule has 170 valence electrons. The summed E-state index contributed by atoms with van der Waals surface area (Å²) < 4.78 is 11.2. The van der Waals surface area contributed by atoms with Crippen LogP contribution in [-0.2, 0) is 4.79 Å². The maximum Gasteiger partial charge on any atom is 0.276 e. The molecule has 0 heterocycles. The van der Waals surface area contributed by atoms with E-state index in [9.17, 15) is 9.59 Å². The van der Waals surface area contributed by atoms with Gasteiger partial charge in [0.15, 0.2) is 11.7 Å². The van der Waals surface area contributed by atoms with E-state index in [1.165, 1.54) is 0 Å². The fraction of sp³-hybridized carbons (Fsp3) is 0.160. The lowest BCUT2D eigenvalue weighted by atomic mass is 10.1. The summed E-state index contributed by atoms with van der Waals surface area (Å²) >= 11 is 5.08. The average molecular weight is 464 g/mol. The maximum atomic E-state index is 12.4. The maximum absolute atomic E-state index is 12.4. The third kappa shape index (κ3) is 7.33. The van der Waals surface area contributed by atoms with Crippen molar-refractivity contribution in [2.24, 2.45) is 0 Å². The Balaban J connectivity index is 1.47. The molecule has 0 spiro atoms. The lowest BCUT2D eigenvalue weighted by molar-refractivity contribution is -0.123. The van der Waals surface area contributed by atoms with E-state index in [1.54, 1.807) is 30.3 Å². The zero-order valence-electron chi connectivity index (χ0n) is 18.2. The van der Waals surface area contributed by atoms with Crippen molar-refractivity contribution in [1.29, 1.82) is 0 Å². The highest BCUT2D eigenvalue weighted by molar-refractivity contribution is 7.80. The third-order valence-corrected chi connectivity index (χ3v) is 4.65. The molecule has 0 saturated carbocycles. The monoisotopic (exact) mass is 463 g/mol. The van der Waals surface area contributed by atoms with Gasteiger partial charge in [-0.2, -0.15) is 0 Å². The summed E-state index contributed by atoms with van der Waals surface area (Å²) in [5, 5.41) is 2.47. The van der Waals surface area contributed by atoms with Crippen LogP contribution in [0.3, 0.4) is 0 Å². The van der Waals surface area contributed by atoms with Crippen molar-refractivity contribution < 1.29 is 19.1 Å². The van der Waals surface area contributed by atoms with Crippen molar-refractivity contribution in [3.05, 3.63) is 84.4 Å². The Kier molecular flexibility index (Phi) is 8.79. The van der Waals surface area contributed by atoms with Gasteiger partial charge in [0.1, 0.15) is 11.5 Å². The van der Waals surface area contributed by atoms with E-state index >= 15 is 0 Å². The zero-order valence-corrected chi connectivity index (χ0v) is 19.0. The van der Waals surface area contributed by atoms with Gasteiger partial charge in [-0.25, -0.2) is 0 Å². The Hall–Kier alpha value is -3.91. The quantitative estimate of drug-likeness (QED) is 0.347. The molecule has 0 radical (unpaired) electrons. The molecular formula is C25H25N3O4S. The summed E-state index contributed by atoms with van der Waals surface area (Å²) in [4.78, 5) is 24.6. The van der Waals surface area contributed by atoms with Crippen LogP contribution in [0.5, 0.6) is 11.5 Å². The highest BCUT2D eigenvalue weighted by atomic mass is 32.1. The molecule has 0 bridgehead atoms. The second-order valence-electron chi connectivity index (χ2n) is 6.98. The Morgan fingerprint density at radius 2 is 1.64 bits per heavy atom. The Labute approximate surface area is 198 Å². The number of carbonyl (C=O) groups excluding carboxylic acids is 2. The van der Waals surface area contributed by atoms with Crippen LogP contribution in [0.25, 0.3) is 11.1 Å². The summed E-state index contributed by atoms with van der Waals surface area (Å²) in [6, 6.07) is 24.0. The van der Waals surface area contributed by atoms with Gasteiger partial charge < -0.3 is 9.47 Å². The van der Waals surface area contributed by atoms with E-state index in [4.69, 9.17) is 21.7 Å². The molecule has 0 fully saturated rings. The van der Waals surface area contributed by atoms with E-state index < -0.39 is 11.8 Å². The number of benzene rings is 3. The van der Waals surface area contributed by atoms with Crippen molar-refractivity contribution in [3.63, 3.8) is 0 Å². The van der Waals surface area contributed by atoms with E-state index in [0.29, 0.717) is 23.7 Å². The second kappa shape index (κ2) is 12.2. The highest BCUT2D eigenvalue weighted by Crippen LogP contribution is 2.29. The summed E-state index contributed by atoms with van der Waals surface area (Å²) in [6.07, 6.45) is 0.867. The first kappa shape index (κ1) is 23.7. The second-order valence-corrected chi connectivity index (χ2v) is 7.39. The van der Waals surface area contributed by atoms with Crippen LogP contribution in [0.1, 0.15) is 23.7 Å². The molecule has 0 aliphatic carbocycles. The van der Waals surface area contributed by atoms with E-state index in [-0.39, 0.29) is 11.7 Å². The number of hydrogen-bond donors (Lipinski definition) is 3. The number of ether oxygens (including phenoxy) is 2. The van der Waals surface area contributed by atoms with Gasteiger partial charge in [0.25, 0.3) is 11.8 Å². The zero-order chi connectivity index (χ0) is 23.5. The molecule has 3 aromatic carbocycles. The van der Waals surface area contributed by atoms with E-state index in [1.807, 2.05) is 55.5 Å². The molecule has 0 aromatic heterocycles. The van der Waals surface area contributed by atoms with Crippen molar-refractivity contribution in [2.45, 2.75) is 13.3 Å². The molecule has 2 amide bonds. The minimum Gasteiger partial charge on any atom is -0.494 e. The number of para-hydroxylation sites is 1. The first-order chi connectivity index (χ1) is 16.1. The number of hydrazine groups is 1. The first-order valence-corrected chi connectivity index (χ1v) is 10.9. The van der Waals surface area contributed by atoms with Gasteiger partial charge in [-0.15, -0.1) is 0 Å². The van der Waals surface area contributed by atoms with E-state index in [2.05, 4.69) is 16.2 Å². The number of carbonyl (C=O) groups is 2. The Morgan fingerprint density at radius 3 is 2.42 bits per heavy atom. The normalized spacial score (nSPS) is 10.1. The van der Waals surface area contributed by atoms with Gasteiger partial charge in [0, 0.05) is 11.1 Å². The van der Waals surface area contributed by atoms with Gasteiger partial charge >= 0.3 is 0 Å². The topological polar surface area (TPSA) is 88.7 Å². The van der Waals surface area contributed by atoms with Crippen LogP contribution in [0.15, 0.2) is 78.9 Å². The van der Waals surface area contributed by atoms with Crippen LogP contribution in [0, 0.1) is 0 Å². The lowest BCUT2D eigenvalue weighted by Gasteiger charge is -2.13. The van der Waals surface area contributed by atoms with Crippen molar-refractivity contribution in [1.82, 2.24) is 16.2 Å². The summed E-state index contributed by atoms with van der Waals surface area (Å²) in [5.74, 6) is 0.311. The predicted octanol–water partition coefficient (Wildman–Crippen LogP) is 3.86.